The summed E-state index contributed by atoms with van der Waals surface area (Å²) in [5, 5.41) is 13.5. The van der Waals surface area contributed by atoms with Gasteiger partial charge in [-0.2, -0.15) is 0 Å². The van der Waals surface area contributed by atoms with Gasteiger partial charge in [0.1, 0.15) is 11.5 Å². The van der Waals surface area contributed by atoms with E-state index in [1.807, 2.05) is 0 Å². The normalized spacial score (nSPS) is 14.7. The van der Waals surface area contributed by atoms with Crippen molar-refractivity contribution in [1.82, 2.24) is 5.32 Å². The van der Waals surface area contributed by atoms with Crippen molar-refractivity contribution in [3.63, 3.8) is 0 Å². The maximum absolute atomic E-state index is 12.3. The van der Waals surface area contributed by atoms with Crippen LogP contribution in [0.1, 0.15) is 21.7 Å². The summed E-state index contributed by atoms with van der Waals surface area (Å²) in [6.45, 7) is 0. The molecule has 1 aliphatic heterocycles. The van der Waals surface area contributed by atoms with Gasteiger partial charge in [-0.1, -0.05) is 30.3 Å². The average Bonchev–Trinajstić information content (AvgIpc) is 3.13. The Kier molecular flexibility index (Phi) is 3.89. The minimum absolute atomic E-state index is 0.0718. The lowest BCUT2D eigenvalue weighted by Crippen LogP contribution is -2.36. The number of fused-ring (bicyclic) bond motifs is 1. The molecule has 2 aromatic carbocycles. The lowest BCUT2D eigenvalue weighted by Gasteiger charge is -2.17. The Bertz CT molecular complexity index is 1130. The number of nitro groups is 1. The van der Waals surface area contributed by atoms with Crippen LogP contribution in [-0.2, 0) is 4.79 Å². The number of nitro benzene ring substituents is 1. The number of benzene rings is 2. The van der Waals surface area contributed by atoms with E-state index in [4.69, 9.17) is 4.42 Å². The molecule has 0 fully saturated rings. The van der Waals surface area contributed by atoms with Crippen molar-refractivity contribution in [2.45, 2.75) is 0 Å². The molecule has 0 aliphatic carbocycles. The van der Waals surface area contributed by atoms with Gasteiger partial charge >= 0.3 is 0 Å². The fraction of sp³-hybridized carbons (Fsp3) is 0. The predicted molar refractivity (Wildman–Crippen MR) is 97.6 cm³/mol. The van der Waals surface area contributed by atoms with E-state index in [1.54, 1.807) is 54.6 Å². The SMILES string of the molecule is O=C1NC(=O)c2ccccc2/C1=C/c1ccc(-c2ccccc2[N+](=O)[O-])o1. The number of furan rings is 1. The van der Waals surface area contributed by atoms with Crippen molar-refractivity contribution < 1.29 is 18.9 Å². The van der Waals surface area contributed by atoms with Crippen molar-refractivity contribution >= 4 is 29.2 Å². The molecule has 0 saturated heterocycles. The largest absolute Gasteiger partial charge is 0.456 e. The Morgan fingerprint density at radius 3 is 2.26 bits per heavy atom. The topological polar surface area (TPSA) is 102 Å². The lowest BCUT2D eigenvalue weighted by atomic mass is 9.94. The highest BCUT2D eigenvalue weighted by Crippen LogP contribution is 2.32. The molecule has 7 heteroatoms. The van der Waals surface area contributed by atoms with Crippen LogP contribution in [0, 0.1) is 10.1 Å². The van der Waals surface area contributed by atoms with E-state index in [0.717, 1.165) is 0 Å². The van der Waals surface area contributed by atoms with Gasteiger partial charge < -0.3 is 4.42 Å². The number of carbonyl (C=O) groups is 2. The zero-order valence-corrected chi connectivity index (χ0v) is 13.8. The number of nitrogens with one attached hydrogen (secondary N) is 1. The number of nitrogens with zero attached hydrogens (tertiary/aromatic N) is 1. The molecule has 0 radical (unpaired) electrons. The number of carbonyl (C=O) groups excluding carboxylic acids is 2. The van der Waals surface area contributed by atoms with Crippen LogP contribution < -0.4 is 5.32 Å². The highest BCUT2D eigenvalue weighted by molar-refractivity contribution is 6.33. The summed E-state index contributed by atoms with van der Waals surface area (Å²) in [5.41, 5.74) is 1.46. The van der Waals surface area contributed by atoms with E-state index in [-0.39, 0.29) is 11.3 Å². The molecule has 3 aromatic rings. The summed E-state index contributed by atoms with van der Waals surface area (Å²) in [5.74, 6) is -0.317. The van der Waals surface area contributed by atoms with Gasteiger partial charge in [0, 0.05) is 17.2 Å². The molecular formula is C20H12N2O5. The molecule has 0 saturated carbocycles. The number of hydrogen-bond donors (Lipinski definition) is 1. The first-order valence-electron chi connectivity index (χ1n) is 8.05. The van der Waals surface area contributed by atoms with E-state index in [9.17, 15) is 19.7 Å². The van der Waals surface area contributed by atoms with Crippen LogP contribution in [-0.4, -0.2) is 16.7 Å². The van der Waals surface area contributed by atoms with Gasteiger partial charge in [0.25, 0.3) is 17.5 Å². The monoisotopic (exact) mass is 360 g/mol. The van der Waals surface area contributed by atoms with Gasteiger partial charge in [-0.05, 0) is 30.3 Å². The summed E-state index contributed by atoms with van der Waals surface area (Å²) in [6.07, 6.45) is 1.51. The number of rotatable bonds is 3. The molecule has 1 aromatic heterocycles. The standard InChI is InChI=1S/C20H12N2O5/c23-19-14-6-2-1-5-13(14)16(20(24)21-19)11-12-9-10-18(27-12)15-7-3-4-8-17(15)22(25)26/h1-11H,(H,21,23,24)/b16-11-. The predicted octanol–water partition coefficient (Wildman–Crippen LogP) is 3.67. The third kappa shape index (κ3) is 2.91. The van der Waals surface area contributed by atoms with E-state index >= 15 is 0 Å². The van der Waals surface area contributed by atoms with Gasteiger partial charge in [-0.3, -0.25) is 25.0 Å². The first-order chi connectivity index (χ1) is 13.0. The van der Waals surface area contributed by atoms with E-state index in [2.05, 4.69) is 5.32 Å². The number of imide groups is 1. The van der Waals surface area contributed by atoms with Gasteiger partial charge in [0.15, 0.2) is 0 Å². The maximum Gasteiger partial charge on any atom is 0.280 e. The third-order valence-electron chi connectivity index (χ3n) is 4.21. The van der Waals surface area contributed by atoms with E-state index < -0.39 is 16.7 Å². The Labute approximate surface area is 153 Å². The number of hydrogen-bond acceptors (Lipinski definition) is 5. The molecule has 1 N–H and O–H groups in total. The van der Waals surface area contributed by atoms with Gasteiger partial charge in [-0.15, -0.1) is 0 Å². The summed E-state index contributed by atoms with van der Waals surface area (Å²) in [6, 6.07) is 16.2. The highest BCUT2D eigenvalue weighted by atomic mass is 16.6. The van der Waals surface area contributed by atoms with Crippen LogP contribution >= 0.6 is 0 Å². The summed E-state index contributed by atoms with van der Waals surface area (Å²) < 4.78 is 5.71. The van der Waals surface area contributed by atoms with Crippen molar-refractivity contribution in [3.8, 4) is 11.3 Å². The van der Waals surface area contributed by atoms with Gasteiger partial charge in [0.05, 0.1) is 16.1 Å². The Morgan fingerprint density at radius 1 is 0.852 bits per heavy atom. The first-order valence-corrected chi connectivity index (χ1v) is 8.05. The summed E-state index contributed by atoms with van der Waals surface area (Å²) in [7, 11) is 0. The van der Waals surface area contributed by atoms with Gasteiger partial charge in [-0.25, -0.2) is 0 Å². The van der Waals surface area contributed by atoms with E-state index in [0.29, 0.717) is 28.2 Å². The summed E-state index contributed by atoms with van der Waals surface area (Å²) >= 11 is 0. The molecule has 4 rings (SSSR count). The second kappa shape index (κ2) is 6.38. The second-order valence-corrected chi connectivity index (χ2v) is 5.86. The van der Waals surface area contributed by atoms with Crippen LogP contribution in [0.2, 0.25) is 0 Å². The Hall–Kier alpha value is -4.00. The van der Waals surface area contributed by atoms with Crippen molar-refractivity contribution in [1.29, 1.82) is 0 Å². The number of para-hydroxylation sites is 1. The smallest absolute Gasteiger partial charge is 0.280 e. The summed E-state index contributed by atoms with van der Waals surface area (Å²) in [4.78, 5) is 34.9. The average molecular weight is 360 g/mol. The quantitative estimate of drug-likeness (QED) is 0.332. The van der Waals surface area contributed by atoms with E-state index in [1.165, 1.54) is 12.1 Å². The molecule has 7 nitrogen and oxygen atoms in total. The molecular weight excluding hydrogens is 348 g/mol. The molecule has 132 valence electrons. The Morgan fingerprint density at radius 2 is 1.52 bits per heavy atom. The van der Waals surface area contributed by atoms with Crippen molar-refractivity contribution in [2.24, 2.45) is 0 Å². The van der Waals surface area contributed by atoms with Crippen LogP contribution in [0.25, 0.3) is 23.0 Å². The zero-order valence-electron chi connectivity index (χ0n) is 13.8. The minimum Gasteiger partial charge on any atom is -0.456 e. The Balaban J connectivity index is 1.77. The fourth-order valence-corrected chi connectivity index (χ4v) is 2.98. The lowest BCUT2D eigenvalue weighted by molar-refractivity contribution is -0.384. The molecule has 27 heavy (non-hydrogen) atoms. The van der Waals surface area contributed by atoms with Crippen LogP contribution in [0.15, 0.2) is 65.1 Å². The third-order valence-corrected chi connectivity index (χ3v) is 4.21. The van der Waals surface area contributed by atoms with Gasteiger partial charge in [0.2, 0.25) is 0 Å². The van der Waals surface area contributed by atoms with Crippen LogP contribution in [0.3, 0.4) is 0 Å². The zero-order chi connectivity index (χ0) is 19.0. The maximum atomic E-state index is 12.3. The first kappa shape index (κ1) is 16.5. The minimum atomic E-state index is -0.526. The molecule has 2 heterocycles. The van der Waals surface area contributed by atoms with Crippen molar-refractivity contribution in [3.05, 3.63) is 87.7 Å². The van der Waals surface area contributed by atoms with Crippen LogP contribution in [0.5, 0.6) is 0 Å². The highest BCUT2D eigenvalue weighted by Gasteiger charge is 2.27. The molecule has 1 aliphatic rings. The molecule has 0 atom stereocenters. The molecule has 2 amide bonds. The van der Waals surface area contributed by atoms with Crippen LogP contribution in [0.4, 0.5) is 5.69 Å². The fourth-order valence-electron chi connectivity index (χ4n) is 2.98. The van der Waals surface area contributed by atoms with Crippen molar-refractivity contribution in [2.75, 3.05) is 0 Å². The second-order valence-electron chi connectivity index (χ2n) is 5.86. The molecule has 0 bridgehead atoms. The molecule has 0 unspecified atom stereocenters. The molecule has 0 spiro atoms. The number of amides is 2.